The first kappa shape index (κ1) is 17.3. The van der Waals surface area contributed by atoms with Crippen LogP contribution in [-0.2, 0) is 9.31 Å². The van der Waals surface area contributed by atoms with E-state index in [9.17, 15) is 0 Å². The second kappa shape index (κ2) is 6.26. The van der Waals surface area contributed by atoms with Crippen molar-refractivity contribution in [3.63, 3.8) is 0 Å². The molecule has 2 nitrogen and oxygen atoms in total. The van der Waals surface area contributed by atoms with Gasteiger partial charge in [-0.05, 0) is 55.1 Å². The predicted molar refractivity (Wildman–Crippen MR) is 109 cm³/mol. The van der Waals surface area contributed by atoms with Crippen molar-refractivity contribution in [2.24, 2.45) is 0 Å². The zero-order valence-corrected chi connectivity index (χ0v) is 15.8. The van der Waals surface area contributed by atoms with Gasteiger partial charge in [-0.15, -0.1) is 0 Å². The average molecular weight is 343 g/mol. The SMILES string of the molecule is CC1(C)OB(c2c([CH]c3ccccc3)ccc3ccccc23)OC1(C)C. The smallest absolute Gasteiger partial charge is 0.399 e. The zero-order valence-electron chi connectivity index (χ0n) is 15.8. The molecule has 3 heteroatoms. The quantitative estimate of drug-likeness (QED) is 0.640. The molecule has 0 atom stereocenters. The molecule has 1 radical (unpaired) electrons. The summed E-state index contributed by atoms with van der Waals surface area (Å²) in [6.07, 6.45) is 2.20. The van der Waals surface area contributed by atoms with Crippen molar-refractivity contribution in [3.8, 4) is 0 Å². The maximum absolute atomic E-state index is 6.39. The Hall–Kier alpha value is -2.10. The molecule has 3 aromatic rings. The normalized spacial score (nSPS) is 18.4. The molecule has 1 heterocycles. The van der Waals surface area contributed by atoms with Crippen molar-refractivity contribution in [1.82, 2.24) is 0 Å². The molecule has 131 valence electrons. The van der Waals surface area contributed by atoms with Crippen molar-refractivity contribution in [2.45, 2.75) is 38.9 Å². The van der Waals surface area contributed by atoms with Crippen LogP contribution in [0, 0.1) is 6.42 Å². The minimum absolute atomic E-state index is 0.362. The fourth-order valence-corrected chi connectivity index (χ4v) is 3.39. The summed E-state index contributed by atoms with van der Waals surface area (Å²) in [6, 6.07) is 23.1. The maximum atomic E-state index is 6.39. The summed E-state index contributed by atoms with van der Waals surface area (Å²) in [5.74, 6) is 0. The molecular weight excluding hydrogens is 319 g/mol. The lowest BCUT2D eigenvalue weighted by molar-refractivity contribution is 0.00578. The van der Waals surface area contributed by atoms with E-state index in [0.717, 1.165) is 11.0 Å². The number of fused-ring (bicyclic) bond motifs is 1. The first-order valence-electron chi connectivity index (χ1n) is 9.14. The Bertz CT molecular complexity index is 915. The van der Waals surface area contributed by atoms with Gasteiger partial charge >= 0.3 is 7.12 Å². The van der Waals surface area contributed by atoms with Gasteiger partial charge in [0.15, 0.2) is 0 Å². The van der Waals surface area contributed by atoms with Gasteiger partial charge in [-0.3, -0.25) is 0 Å². The summed E-state index contributed by atoms with van der Waals surface area (Å²) >= 11 is 0. The highest BCUT2D eigenvalue weighted by atomic mass is 16.7. The lowest BCUT2D eigenvalue weighted by Gasteiger charge is -2.32. The lowest BCUT2D eigenvalue weighted by Crippen LogP contribution is -2.41. The Labute approximate surface area is 156 Å². The van der Waals surface area contributed by atoms with E-state index < -0.39 is 0 Å². The Kier molecular flexibility index (Phi) is 4.17. The zero-order chi connectivity index (χ0) is 18.4. The van der Waals surface area contributed by atoms with E-state index in [1.807, 2.05) is 6.07 Å². The highest BCUT2D eigenvalue weighted by molar-refractivity contribution is 6.65. The van der Waals surface area contributed by atoms with Crippen LogP contribution in [0.2, 0.25) is 0 Å². The third kappa shape index (κ3) is 2.96. The van der Waals surface area contributed by atoms with Gasteiger partial charge in [0.05, 0.1) is 11.2 Å². The molecular formula is C23H24BO2. The molecule has 26 heavy (non-hydrogen) atoms. The third-order valence-corrected chi connectivity index (χ3v) is 5.62. The van der Waals surface area contributed by atoms with Crippen LogP contribution < -0.4 is 5.46 Å². The van der Waals surface area contributed by atoms with Crippen molar-refractivity contribution in [2.75, 3.05) is 0 Å². The summed E-state index contributed by atoms with van der Waals surface area (Å²) in [6.45, 7) is 8.38. The van der Waals surface area contributed by atoms with E-state index in [2.05, 4.69) is 94.8 Å². The fourth-order valence-electron chi connectivity index (χ4n) is 3.39. The van der Waals surface area contributed by atoms with Crippen molar-refractivity contribution >= 4 is 23.4 Å². The van der Waals surface area contributed by atoms with E-state index in [-0.39, 0.29) is 18.3 Å². The van der Waals surface area contributed by atoms with Crippen molar-refractivity contribution in [1.29, 1.82) is 0 Å². The summed E-state index contributed by atoms with van der Waals surface area (Å²) in [5, 5.41) is 2.37. The molecule has 1 aliphatic rings. The van der Waals surface area contributed by atoms with Gasteiger partial charge in [0.25, 0.3) is 0 Å². The minimum atomic E-state index is -0.388. The van der Waals surface area contributed by atoms with Gasteiger partial charge in [0, 0.05) is 6.42 Å². The predicted octanol–water partition coefficient (Wildman–Crippen LogP) is 4.74. The largest absolute Gasteiger partial charge is 0.495 e. The van der Waals surface area contributed by atoms with E-state index >= 15 is 0 Å². The molecule has 0 bridgehead atoms. The molecule has 0 amide bonds. The lowest BCUT2D eigenvalue weighted by atomic mass is 9.72. The van der Waals surface area contributed by atoms with Gasteiger partial charge in [-0.25, -0.2) is 0 Å². The standard InChI is InChI=1S/C23H24BO2/c1-22(2)23(3,4)26-24(25-22)21-19(16-17-10-6-5-7-11-17)15-14-18-12-8-9-13-20(18)21/h5-16H,1-4H3. The molecule has 0 aromatic heterocycles. The summed E-state index contributed by atoms with van der Waals surface area (Å²) in [7, 11) is -0.388. The molecule has 0 spiro atoms. The maximum Gasteiger partial charge on any atom is 0.495 e. The Morgan fingerprint density at radius 1 is 0.731 bits per heavy atom. The monoisotopic (exact) mass is 343 g/mol. The van der Waals surface area contributed by atoms with Gasteiger partial charge in [0.1, 0.15) is 0 Å². The van der Waals surface area contributed by atoms with Crippen LogP contribution in [0.1, 0.15) is 38.8 Å². The highest BCUT2D eigenvalue weighted by Gasteiger charge is 2.52. The fraction of sp³-hybridized carbons (Fsp3) is 0.261. The molecule has 0 N–H and O–H groups in total. The third-order valence-electron chi connectivity index (χ3n) is 5.62. The van der Waals surface area contributed by atoms with Crippen molar-refractivity contribution in [3.05, 3.63) is 84.3 Å². The summed E-state index contributed by atoms with van der Waals surface area (Å²) < 4.78 is 12.8. The molecule has 4 rings (SSSR count). The van der Waals surface area contributed by atoms with E-state index in [0.29, 0.717) is 0 Å². The number of hydrogen-bond donors (Lipinski definition) is 0. The van der Waals surface area contributed by atoms with Crippen LogP contribution in [-0.4, -0.2) is 18.3 Å². The average Bonchev–Trinajstić information content (AvgIpc) is 2.83. The Morgan fingerprint density at radius 3 is 2.04 bits per heavy atom. The van der Waals surface area contributed by atoms with E-state index in [1.165, 1.54) is 16.3 Å². The molecule has 0 saturated carbocycles. The molecule has 0 aliphatic carbocycles. The molecule has 1 saturated heterocycles. The topological polar surface area (TPSA) is 18.5 Å². The van der Waals surface area contributed by atoms with Crippen LogP contribution in [0.3, 0.4) is 0 Å². The van der Waals surface area contributed by atoms with Crippen molar-refractivity contribution < 1.29 is 9.31 Å². The van der Waals surface area contributed by atoms with E-state index in [4.69, 9.17) is 9.31 Å². The Morgan fingerprint density at radius 2 is 1.35 bits per heavy atom. The van der Waals surface area contributed by atoms with Crippen LogP contribution in [0.15, 0.2) is 66.7 Å². The van der Waals surface area contributed by atoms with Crippen LogP contribution in [0.25, 0.3) is 10.8 Å². The van der Waals surface area contributed by atoms with Gasteiger partial charge in [-0.2, -0.15) is 0 Å². The number of hydrogen-bond acceptors (Lipinski definition) is 2. The summed E-state index contributed by atoms with van der Waals surface area (Å²) in [4.78, 5) is 0. The van der Waals surface area contributed by atoms with Gasteiger partial charge in [-0.1, -0.05) is 66.7 Å². The number of rotatable bonds is 3. The van der Waals surface area contributed by atoms with Crippen LogP contribution in [0.4, 0.5) is 0 Å². The minimum Gasteiger partial charge on any atom is -0.399 e. The first-order valence-corrected chi connectivity index (χ1v) is 9.14. The molecule has 3 aromatic carbocycles. The van der Waals surface area contributed by atoms with Gasteiger partial charge in [0.2, 0.25) is 0 Å². The second-order valence-corrected chi connectivity index (χ2v) is 7.93. The Balaban J connectivity index is 1.84. The van der Waals surface area contributed by atoms with Crippen LogP contribution in [0.5, 0.6) is 0 Å². The highest BCUT2D eigenvalue weighted by Crippen LogP contribution is 2.37. The molecule has 0 unspecified atom stereocenters. The second-order valence-electron chi connectivity index (χ2n) is 7.93. The first-order chi connectivity index (χ1) is 12.4. The van der Waals surface area contributed by atoms with Crippen LogP contribution >= 0.6 is 0 Å². The van der Waals surface area contributed by atoms with Gasteiger partial charge < -0.3 is 9.31 Å². The molecule has 1 fully saturated rings. The summed E-state index contributed by atoms with van der Waals surface area (Å²) in [5.41, 5.74) is 2.68. The number of benzene rings is 3. The van der Waals surface area contributed by atoms with E-state index in [1.54, 1.807) is 0 Å². The molecule has 1 aliphatic heterocycles.